The lowest BCUT2D eigenvalue weighted by atomic mass is 10.1. The van der Waals surface area contributed by atoms with Crippen LogP contribution in [-0.2, 0) is 0 Å². The molecule has 0 heterocycles. The Balaban J connectivity index is 2.81. The molecule has 1 aromatic carbocycles. The van der Waals surface area contributed by atoms with Crippen molar-refractivity contribution in [1.82, 2.24) is 5.32 Å². The summed E-state index contributed by atoms with van der Waals surface area (Å²) in [6, 6.07) is 6.02. The SMILES string of the molecule is CNCC=Cc1cc(C)ccc1Cl. The lowest BCUT2D eigenvalue weighted by Gasteiger charge is -1.99. The van der Waals surface area contributed by atoms with Crippen molar-refractivity contribution in [3.8, 4) is 0 Å². The molecule has 1 N–H and O–H groups in total. The van der Waals surface area contributed by atoms with Crippen LogP contribution in [0.1, 0.15) is 11.1 Å². The first-order valence-corrected chi connectivity index (χ1v) is 4.69. The number of hydrogen-bond acceptors (Lipinski definition) is 1. The number of aryl methyl sites for hydroxylation is 1. The average Bonchev–Trinajstić information content (AvgIpc) is 2.11. The van der Waals surface area contributed by atoms with Gasteiger partial charge in [0.05, 0.1) is 0 Å². The Labute approximate surface area is 84.4 Å². The topological polar surface area (TPSA) is 12.0 Å². The molecule has 0 unspecified atom stereocenters. The molecule has 0 spiro atoms. The minimum atomic E-state index is 0.804. The molecule has 0 aromatic heterocycles. The van der Waals surface area contributed by atoms with E-state index in [1.807, 2.05) is 25.3 Å². The van der Waals surface area contributed by atoms with Crippen LogP contribution in [-0.4, -0.2) is 13.6 Å². The summed E-state index contributed by atoms with van der Waals surface area (Å²) >= 11 is 6.00. The van der Waals surface area contributed by atoms with Crippen molar-refractivity contribution in [3.63, 3.8) is 0 Å². The van der Waals surface area contributed by atoms with Gasteiger partial charge >= 0.3 is 0 Å². The second-order valence-electron chi connectivity index (χ2n) is 2.99. The monoisotopic (exact) mass is 195 g/mol. The summed E-state index contributed by atoms with van der Waals surface area (Å²) in [7, 11) is 1.92. The summed E-state index contributed by atoms with van der Waals surface area (Å²) < 4.78 is 0. The van der Waals surface area contributed by atoms with Crippen LogP contribution in [0.3, 0.4) is 0 Å². The third-order valence-electron chi connectivity index (χ3n) is 1.77. The molecule has 1 nitrogen and oxygen atoms in total. The molecule has 2 heteroatoms. The lowest BCUT2D eigenvalue weighted by molar-refractivity contribution is 0.922. The Bertz CT molecular complexity index is 305. The summed E-state index contributed by atoms with van der Waals surface area (Å²) in [6.45, 7) is 2.93. The van der Waals surface area contributed by atoms with Gasteiger partial charge in [-0.2, -0.15) is 0 Å². The van der Waals surface area contributed by atoms with E-state index in [0.717, 1.165) is 17.1 Å². The molecular formula is C11H14ClN. The van der Waals surface area contributed by atoms with Gasteiger partial charge in [0, 0.05) is 11.6 Å². The van der Waals surface area contributed by atoms with Gasteiger partial charge in [-0.15, -0.1) is 0 Å². The maximum atomic E-state index is 6.00. The van der Waals surface area contributed by atoms with Crippen molar-refractivity contribution < 1.29 is 0 Å². The van der Waals surface area contributed by atoms with E-state index in [-0.39, 0.29) is 0 Å². The van der Waals surface area contributed by atoms with Gasteiger partial charge in [-0.05, 0) is 25.6 Å². The second kappa shape index (κ2) is 5.05. The van der Waals surface area contributed by atoms with Crippen LogP contribution in [0.4, 0.5) is 0 Å². The van der Waals surface area contributed by atoms with E-state index < -0.39 is 0 Å². The van der Waals surface area contributed by atoms with E-state index in [2.05, 4.69) is 24.4 Å². The Morgan fingerprint density at radius 1 is 1.46 bits per heavy atom. The minimum absolute atomic E-state index is 0.804. The number of rotatable bonds is 3. The van der Waals surface area contributed by atoms with Crippen LogP contribution in [0.2, 0.25) is 5.02 Å². The van der Waals surface area contributed by atoms with Gasteiger partial charge in [0.2, 0.25) is 0 Å². The van der Waals surface area contributed by atoms with Gasteiger partial charge in [-0.1, -0.05) is 41.4 Å². The minimum Gasteiger partial charge on any atom is -0.316 e. The zero-order chi connectivity index (χ0) is 9.68. The van der Waals surface area contributed by atoms with Crippen LogP contribution in [0.5, 0.6) is 0 Å². The smallest absolute Gasteiger partial charge is 0.0478 e. The fourth-order valence-corrected chi connectivity index (χ4v) is 1.28. The molecule has 0 aliphatic carbocycles. The summed E-state index contributed by atoms with van der Waals surface area (Å²) in [5.41, 5.74) is 2.31. The molecule has 13 heavy (non-hydrogen) atoms. The van der Waals surface area contributed by atoms with Crippen molar-refractivity contribution in [2.75, 3.05) is 13.6 Å². The predicted molar refractivity (Wildman–Crippen MR) is 59.1 cm³/mol. The first-order chi connectivity index (χ1) is 6.24. The third-order valence-corrected chi connectivity index (χ3v) is 2.12. The Morgan fingerprint density at radius 2 is 2.23 bits per heavy atom. The Hall–Kier alpha value is -0.790. The highest BCUT2D eigenvalue weighted by atomic mass is 35.5. The van der Waals surface area contributed by atoms with Gasteiger partial charge in [-0.3, -0.25) is 0 Å². The van der Waals surface area contributed by atoms with Gasteiger partial charge in [0.15, 0.2) is 0 Å². The highest BCUT2D eigenvalue weighted by Gasteiger charge is 1.94. The third kappa shape index (κ3) is 3.21. The maximum Gasteiger partial charge on any atom is 0.0478 e. The summed E-state index contributed by atoms with van der Waals surface area (Å²) in [4.78, 5) is 0. The number of likely N-dealkylation sites (N-methyl/N-ethyl adjacent to an activating group) is 1. The highest BCUT2D eigenvalue weighted by molar-refractivity contribution is 6.32. The molecule has 0 saturated heterocycles. The number of benzene rings is 1. The van der Waals surface area contributed by atoms with Crippen molar-refractivity contribution in [2.45, 2.75) is 6.92 Å². The quantitative estimate of drug-likeness (QED) is 0.782. The van der Waals surface area contributed by atoms with Crippen molar-refractivity contribution in [3.05, 3.63) is 40.4 Å². The second-order valence-corrected chi connectivity index (χ2v) is 3.39. The van der Waals surface area contributed by atoms with Crippen LogP contribution in [0.15, 0.2) is 24.3 Å². The van der Waals surface area contributed by atoms with Crippen molar-refractivity contribution in [2.24, 2.45) is 0 Å². The molecule has 0 atom stereocenters. The van der Waals surface area contributed by atoms with E-state index >= 15 is 0 Å². The van der Waals surface area contributed by atoms with E-state index in [0.29, 0.717) is 0 Å². The van der Waals surface area contributed by atoms with Crippen LogP contribution in [0, 0.1) is 6.92 Å². The Morgan fingerprint density at radius 3 is 2.92 bits per heavy atom. The molecule has 0 saturated carbocycles. The fraction of sp³-hybridized carbons (Fsp3) is 0.273. The molecule has 0 aliphatic rings. The summed E-state index contributed by atoms with van der Waals surface area (Å²) in [6.07, 6.45) is 4.09. The van der Waals surface area contributed by atoms with Crippen molar-refractivity contribution >= 4 is 17.7 Å². The standard InChI is InChI=1S/C11H14ClN/c1-9-5-6-11(12)10(8-9)4-3-7-13-2/h3-6,8,13H,7H2,1-2H3. The van der Waals surface area contributed by atoms with Gasteiger partial charge in [0.25, 0.3) is 0 Å². The summed E-state index contributed by atoms with van der Waals surface area (Å²) in [5, 5.41) is 3.85. The van der Waals surface area contributed by atoms with E-state index in [1.54, 1.807) is 0 Å². The van der Waals surface area contributed by atoms with Crippen LogP contribution >= 0.6 is 11.6 Å². The first kappa shape index (κ1) is 10.3. The fourth-order valence-electron chi connectivity index (χ4n) is 1.09. The predicted octanol–water partition coefficient (Wildman–Crippen LogP) is 2.88. The molecular weight excluding hydrogens is 182 g/mol. The van der Waals surface area contributed by atoms with Crippen molar-refractivity contribution in [1.29, 1.82) is 0 Å². The zero-order valence-corrected chi connectivity index (χ0v) is 8.73. The molecule has 70 valence electrons. The van der Waals surface area contributed by atoms with Gasteiger partial charge < -0.3 is 5.32 Å². The summed E-state index contributed by atoms with van der Waals surface area (Å²) in [5.74, 6) is 0. The molecule has 0 fully saturated rings. The molecule has 1 aromatic rings. The van der Waals surface area contributed by atoms with Crippen LogP contribution < -0.4 is 5.32 Å². The van der Waals surface area contributed by atoms with Crippen LogP contribution in [0.25, 0.3) is 6.08 Å². The van der Waals surface area contributed by atoms with E-state index in [9.17, 15) is 0 Å². The average molecular weight is 196 g/mol. The van der Waals surface area contributed by atoms with Gasteiger partial charge in [-0.25, -0.2) is 0 Å². The van der Waals surface area contributed by atoms with E-state index in [4.69, 9.17) is 11.6 Å². The highest BCUT2D eigenvalue weighted by Crippen LogP contribution is 2.18. The largest absolute Gasteiger partial charge is 0.316 e. The number of hydrogen-bond donors (Lipinski definition) is 1. The molecule has 0 bridgehead atoms. The normalized spacial score (nSPS) is 11.0. The first-order valence-electron chi connectivity index (χ1n) is 4.31. The lowest BCUT2D eigenvalue weighted by Crippen LogP contribution is -2.03. The Kier molecular flexibility index (Phi) is 4.00. The molecule has 0 radical (unpaired) electrons. The van der Waals surface area contributed by atoms with Gasteiger partial charge in [0.1, 0.15) is 0 Å². The number of nitrogens with one attached hydrogen (secondary N) is 1. The number of halogens is 1. The van der Waals surface area contributed by atoms with E-state index in [1.165, 1.54) is 5.56 Å². The molecule has 1 rings (SSSR count). The zero-order valence-electron chi connectivity index (χ0n) is 7.97. The molecule has 0 amide bonds. The molecule has 0 aliphatic heterocycles. The maximum absolute atomic E-state index is 6.00.